The number of nitrogens with two attached hydrogens (primary N) is 1. The van der Waals surface area contributed by atoms with Gasteiger partial charge in [-0.1, -0.05) is 11.6 Å². The Morgan fingerprint density at radius 3 is 2.63 bits per heavy atom. The van der Waals surface area contributed by atoms with Gasteiger partial charge in [0.2, 0.25) is 5.88 Å². The summed E-state index contributed by atoms with van der Waals surface area (Å²) in [7, 11) is 0. The monoisotopic (exact) mass is 275 g/mol. The maximum absolute atomic E-state index is 7.45. The third-order valence-electron chi connectivity index (χ3n) is 2.59. The quantitative estimate of drug-likeness (QED) is 0.666. The Hall–Kier alpha value is -2.07. The Morgan fingerprint density at radius 1 is 1.26 bits per heavy atom. The molecule has 0 bridgehead atoms. The van der Waals surface area contributed by atoms with Crippen LogP contribution in [0.3, 0.4) is 0 Å². The van der Waals surface area contributed by atoms with Gasteiger partial charge in [0.1, 0.15) is 11.6 Å². The van der Waals surface area contributed by atoms with Gasteiger partial charge in [-0.05, 0) is 43.7 Å². The van der Waals surface area contributed by atoms with Crippen LogP contribution in [-0.4, -0.2) is 10.8 Å². The summed E-state index contributed by atoms with van der Waals surface area (Å²) in [4.78, 5) is 4.26. The third kappa shape index (κ3) is 3.23. The molecule has 0 amide bonds. The summed E-state index contributed by atoms with van der Waals surface area (Å²) in [5.74, 6) is 1.05. The predicted molar refractivity (Wildman–Crippen MR) is 76.3 cm³/mol. The van der Waals surface area contributed by atoms with Crippen LogP contribution >= 0.6 is 11.6 Å². The van der Waals surface area contributed by atoms with Crippen molar-refractivity contribution in [1.82, 2.24) is 4.98 Å². The van der Waals surface area contributed by atoms with E-state index < -0.39 is 0 Å². The lowest BCUT2D eigenvalue weighted by Gasteiger charge is -2.08. The molecule has 4 nitrogen and oxygen atoms in total. The summed E-state index contributed by atoms with van der Waals surface area (Å²) in [5, 5.41) is 8.14. The lowest BCUT2D eigenvalue weighted by atomic mass is 10.2. The Bertz CT molecular complexity index is 641. The van der Waals surface area contributed by atoms with Crippen LogP contribution in [0.15, 0.2) is 30.3 Å². The van der Waals surface area contributed by atoms with E-state index in [1.807, 2.05) is 19.9 Å². The molecular formula is C14H14ClN3O. The third-order valence-corrected chi connectivity index (χ3v) is 3.02. The molecule has 0 saturated carbocycles. The number of hydrogen-bond donors (Lipinski definition) is 2. The van der Waals surface area contributed by atoms with Crippen molar-refractivity contribution >= 4 is 17.4 Å². The van der Waals surface area contributed by atoms with Crippen molar-refractivity contribution in [3.05, 3.63) is 52.2 Å². The fourth-order valence-corrected chi connectivity index (χ4v) is 1.76. The number of nitrogens with one attached hydrogen (secondary N) is 1. The minimum atomic E-state index is -0.0114. The van der Waals surface area contributed by atoms with Gasteiger partial charge in [-0.3, -0.25) is 5.41 Å². The second-order valence-electron chi connectivity index (χ2n) is 4.26. The summed E-state index contributed by atoms with van der Waals surface area (Å²) in [6.45, 7) is 3.73. The number of ether oxygens (including phenoxy) is 1. The van der Waals surface area contributed by atoms with E-state index in [9.17, 15) is 0 Å². The normalized spacial score (nSPS) is 10.3. The summed E-state index contributed by atoms with van der Waals surface area (Å²) >= 11 is 5.96. The molecule has 0 radical (unpaired) electrons. The van der Waals surface area contributed by atoms with Crippen LogP contribution in [0.2, 0.25) is 5.02 Å². The van der Waals surface area contributed by atoms with Gasteiger partial charge in [-0.25, -0.2) is 4.98 Å². The Labute approximate surface area is 116 Å². The molecule has 3 N–H and O–H groups in total. The van der Waals surface area contributed by atoms with E-state index in [0.29, 0.717) is 22.2 Å². The topological polar surface area (TPSA) is 72.0 Å². The lowest BCUT2D eigenvalue weighted by Crippen LogP contribution is -2.11. The van der Waals surface area contributed by atoms with E-state index in [-0.39, 0.29) is 5.84 Å². The highest BCUT2D eigenvalue weighted by molar-refractivity contribution is 6.31. The van der Waals surface area contributed by atoms with Crippen molar-refractivity contribution in [3.63, 3.8) is 0 Å². The minimum absolute atomic E-state index is 0.0114. The van der Waals surface area contributed by atoms with Crippen molar-refractivity contribution in [2.75, 3.05) is 0 Å². The van der Waals surface area contributed by atoms with E-state index in [0.717, 1.165) is 11.3 Å². The first-order chi connectivity index (χ1) is 8.95. The van der Waals surface area contributed by atoms with E-state index in [4.69, 9.17) is 27.5 Å². The van der Waals surface area contributed by atoms with Gasteiger partial charge >= 0.3 is 0 Å². The number of hydrogen-bond acceptors (Lipinski definition) is 3. The SMILES string of the molecule is Cc1cc(C(=N)N)cc(Oc2ccc(Cl)c(C)c2)n1. The molecule has 1 aromatic carbocycles. The molecule has 2 aromatic rings. The smallest absolute Gasteiger partial charge is 0.220 e. The molecule has 0 saturated heterocycles. The number of rotatable bonds is 3. The van der Waals surface area contributed by atoms with Gasteiger partial charge in [0, 0.05) is 22.3 Å². The van der Waals surface area contributed by atoms with Gasteiger partial charge in [0.15, 0.2) is 0 Å². The molecule has 1 heterocycles. The number of pyridine rings is 1. The second kappa shape index (κ2) is 5.28. The van der Waals surface area contributed by atoms with Crippen LogP contribution in [0, 0.1) is 19.3 Å². The molecule has 0 aliphatic carbocycles. The molecule has 0 aliphatic heterocycles. The second-order valence-corrected chi connectivity index (χ2v) is 4.67. The Balaban J connectivity index is 2.32. The number of benzene rings is 1. The Kier molecular flexibility index (Phi) is 3.71. The number of halogens is 1. The molecule has 98 valence electrons. The molecule has 0 fully saturated rings. The standard InChI is InChI=1S/C14H14ClN3O/c1-8-5-11(3-4-12(8)15)19-13-7-10(14(16)17)6-9(2)18-13/h3-7H,1-2H3,(H3,16,17). The van der Waals surface area contributed by atoms with Crippen molar-refractivity contribution in [3.8, 4) is 11.6 Å². The first-order valence-corrected chi connectivity index (χ1v) is 6.10. The first-order valence-electron chi connectivity index (χ1n) is 5.73. The predicted octanol–water partition coefficient (Wildman–Crippen LogP) is 3.43. The zero-order chi connectivity index (χ0) is 14.0. The lowest BCUT2D eigenvalue weighted by molar-refractivity contribution is 0.461. The van der Waals surface area contributed by atoms with Gasteiger partial charge in [-0.15, -0.1) is 0 Å². The zero-order valence-corrected chi connectivity index (χ0v) is 11.5. The molecule has 1 aromatic heterocycles. The minimum Gasteiger partial charge on any atom is -0.439 e. The highest BCUT2D eigenvalue weighted by atomic mass is 35.5. The largest absolute Gasteiger partial charge is 0.439 e. The van der Waals surface area contributed by atoms with E-state index >= 15 is 0 Å². The van der Waals surface area contributed by atoms with E-state index in [1.165, 1.54) is 0 Å². The fourth-order valence-electron chi connectivity index (χ4n) is 1.65. The molecule has 5 heteroatoms. The van der Waals surface area contributed by atoms with Crippen LogP contribution in [0.4, 0.5) is 0 Å². The van der Waals surface area contributed by atoms with Gasteiger partial charge in [-0.2, -0.15) is 0 Å². The van der Waals surface area contributed by atoms with Crippen molar-refractivity contribution in [2.45, 2.75) is 13.8 Å². The van der Waals surface area contributed by atoms with Crippen LogP contribution in [-0.2, 0) is 0 Å². The average molecular weight is 276 g/mol. The van der Waals surface area contributed by atoms with Gasteiger partial charge in [0.25, 0.3) is 0 Å². The first kappa shape index (κ1) is 13.4. The zero-order valence-electron chi connectivity index (χ0n) is 10.7. The maximum atomic E-state index is 7.45. The molecule has 0 spiro atoms. The fraction of sp³-hybridized carbons (Fsp3) is 0.143. The number of aromatic nitrogens is 1. The summed E-state index contributed by atoms with van der Waals surface area (Å²) in [6.07, 6.45) is 0. The molecule has 0 aliphatic rings. The molecule has 2 rings (SSSR count). The highest BCUT2D eigenvalue weighted by Gasteiger charge is 2.06. The molecule has 0 unspecified atom stereocenters. The van der Waals surface area contributed by atoms with Crippen molar-refractivity contribution in [1.29, 1.82) is 5.41 Å². The Morgan fingerprint density at radius 2 is 2.00 bits per heavy atom. The number of nitrogens with zero attached hydrogens (tertiary/aromatic N) is 1. The number of amidine groups is 1. The van der Waals surface area contributed by atoms with Crippen LogP contribution in [0.25, 0.3) is 0 Å². The summed E-state index contributed by atoms with van der Waals surface area (Å²) in [6, 6.07) is 8.75. The van der Waals surface area contributed by atoms with E-state index in [1.54, 1.807) is 24.3 Å². The average Bonchev–Trinajstić information content (AvgIpc) is 2.33. The molecular weight excluding hydrogens is 262 g/mol. The summed E-state index contributed by atoms with van der Waals surface area (Å²) < 4.78 is 5.66. The maximum Gasteiger partial charge on any atom is 0.220 e. The molecule has 19 heavy (non-hydrogen) atoms. The van der Waals surface area contributed by atoms with Crippen molar-refractivity contribution in [2.24, 2.45) is 5.73 Å². The van der Waals surface area contributed by atoms with E-state index in [2.05, 4.69) is 4.98 Å². The van der Waals surface area contributed by atoms with Crippen LogP contribution in [0.5, 0.6) is 11.6 Å². The van der Waals surface area contributed by atoms with Crippen LogP contribution < -0.4 is 10.5 Å². The van der Waals surface area contributed by atoms with Gasteiger partial charge < -0.3 is 10.5 Å². The highest BCUT2D eigenvalue weighted by Crippen LogP contribution is 2.25. The van der Waals surface area contributed by atoms with Gasteiger partial charge in [0.05, 0.1) is 0 Å². The molecule has 0 atom stereocenters. The number of aryl methyl sites for hydroxylation is 2. The van der Waals surface area contributed by atoms with Crippen LogP contribution in [0.1, 0.15) is 16.8 Å². The number of nitrogen functional groups attached to an aromatic ring is 1. The van der Waals surface area contributed by atoms with Crippen molar-refractivity contribution < 1.29 is 4.74 Å². The summed E-state index contributed by atoms with van der Waals surface area (Å²) in [5.41, 5.74) is 7.74.